The molecule has 0 unspecified atom stereocenters. The van der Waals surface area contributed by atoms with Crippen molar-refractivity contribution in [2.75, 3.05) is 7.11 Å². The van der Waals surface area contributed by atoms with Crippen molar-refractivity contribution < 1.29 is 26.4 Å². The molecule has 0 fully saturated rings. The van der Waals surface area contributed by atoms with Gasteiger partial charge in [0.05, 0.1) is 22.5 Å². The Kier molecular flexibility index (Phi) is 8.63. The first-order chi connectivity index (χ1) is 13.6. The topological polar surface area (TPSA) is 101 Å². The second-order valence-corrected chi connectivity index (χ2v) is 11.8. The molecule has 0 aliphatic carbocycles. The molecule has 1 rings (SSSR count). The van der Waals surface area contributed by atoms with Gasteiger partial charge in [0.1, 0.15) is 0 Å². The van der Waals surface area contributed by atoms with Gasteiger partial charge < -0.3 is 4.74 Å². The van der Waals surface area contributed by atoms with E-state index in [0.29, 0.717) is 0 Å². The molecule has 0 heterocycles. The van der Waals surface area contributed by atoms with E-state index >= 15 is 0 Å². The molecule has 0 radical (unpaired) electrons. The number of carbonyl (C=O) groups is 1. The normalized spacial score (nSPS) is 13.3. The molecule has 0 saturated heterocycles. The summed E-state index contributed by atoms with van der Waals surface area (Å²) in [6, 6.07) is 2.12. The zero-order valence-corrected chi connectivity index (χ0v) is 20.8. The summed E-state index contributed by atoms with van der Waals surface area (Å²) < 4.78 is 60.4. The smallest absolute Gasteiger partial charge is 0.339 e. The molecule has 172 valence electrons. The lowest BCUT2D eigenvalue weighted by Gasteiger charge is -2.31. The van der Waals surface area contributed by atoms with Crippen LogP contribution in [0.15, 0.2) is 28.0 Å². The second-order valence-electron chi connectivity index (χ2n) is 8.19. The number of benzene rings is 1. The maximum absolute atomic E-state index is 13.3. The highest BCUT2D eigenvalue weighted by Crippen LogP contribution is 2.29. The molecule has 0 aromatic heterocycles. The molecular formula is C20H34N2O6S2. The molecule has 10 heteroatoms. The van der Waals surface area contributed by atoms with Crippen LogP contribution in [0.5, 0.6) is 0 Å². The van der Waals surface area contributed by atoms with Crippen molar-refractivity contribution in [2.45, 2.75) is 89.3 Å². The molecule has 1 aromatic carbocycles. The van der Waals surface area contributed by atoms with Gasteiger partial charge in [0, 0.05) is 24.2 Å². The lowest BCUT2D eigenvalue weighted by atomic mass is 10.2. The Morgan fingerprint density at radius 2 is 1.17 bits per heavy atom. The Balaban J connectivity index is 3.80. The van der Waals surface area contributed by atoms with Gasteiger partial charge in [-0.05, 0) is 73.6 Å². The summed E-state index contributed by atoms with van der Waals surface area (Å²) in [4.78, 5) is 12.0. The van der Waals surface area contributed by atoms with Gasteiger partial charge in [-0.3, -0.25) is 0 Å². The number of sulfonamides is 2. The summed E-state index contributed by atoms with van der Waals surface area (Å²) >= 11 is 0. The summed E-state index contributed by atoms with van der Waals surface area (Å²) in [6.07, 6.45) is 0. The van der Waals surface area contributed by atoms with Gasteiger partial charge >= 0.3 is 5.97 Å². The molecule has 0 aliphatic heterocycles. The standard InChI is InChI=1S/C20H34N2O6S2/c1-13(2)21(14(3)4)29(24,25)17-10-11-19(18(12-17)20(23)28-9)30(26,27)22(15(5)6)16(7)8/h10-16H,1-9H3. The predicted octanol–water partition coefficient (Wildman–Crippen LogP) is 3.09. The third-order valence-corrected chi connectivity index (χ3v) is 9.08. The average molecular weight is 463 g/mol. The van der Waals surface area contributed by atoms with Gasteiger partial charge in [-0.1, -0.05) is 0 Å². The van der Waals surface area contributed by atoms with Crippen molar-refractivity contribution in [1.82, 2.24) is 8.61 Å². The SMILES string of the molecule is COC(=O)c1cc(S(=O)(=O)N(C(C)C)C(C)C)ccc1S(=O)(=O)N(C(C)C)C(C)C. The molecule has 0 amide bonds. The van der Waals surface area contributed by atoms with Crippen LogP contribution in [0, 0.1) is 0 Å². The Labute approximate surface area is 181 Å². The van der Waals surface area contributed by atoms with E-state index in [4.69, 9.17) is 4.74 Å². The Morgan fingerprint density at radius 3 is 1.53 bits per heavy atom. The number of ether oxygens (including phenoxy) is 1. The van der Waals surface area contributed by atoms with Crippen LogP contribution < -0.4 is 0 Å². The summed E-state index contributed by atoms with van der Waals surface area (Å²) in [7, 11) is -6.92. The van der Waals surface area contributed by atoms with E-state index in [1.165, 1.54) is 20.7 Å². The number of hydrogen-bond acceptors (Lipinski definition) is 6. The maximum Gasteiger partial charge on any atom is 0.339 e. The van der Waals surface area contributed by atoms with Crippen molar-refractivity contribution in [3.8, 4) is 0 Å². The fourth-order valence-corrected chi connectivity index (χ4v) is 7.56. The molecule has 0 bridgehead atoms. The van der Waals surface area contributed by atoms with Crippen LogP contribution in [-0.2, 0) is 24.8 Å². The maximum atomic E-state index is 13.3. The third-order valence-electron chi connectivity index (χ3n) is 4.52. The van der Waals surface area contributed by atoms with Gasteiger partial charge in [-0.15, -0.1) is 0 Å². The van der Waals surface area contributed by atoms with Gasteiger partial charge in [-0.25, -0.2) is 21.6 Å². The highest BCUT2D eigenvalue weighted by molar-refractivity contribution is 7.89. The first-order valence-electron chi connectivity index (χ1n) is 9.90. The molecule has 0 atom stereocenters. The van der Waals surface area contributed by atoms with Crippen LogP contribution in [-0.4, -0.2) is 62.7 Å². The van der Waals surface area contributed by atoms with Crippen LogP contribution >= 0.6 is 0 Å². The summed E-state index contributed by atoms with van der Waals surface area (Å²) in [5.41, 5.74) is -0.308. The highest BCUT2D eigenvalue weighted by Gasteiger charge is 2.36. The minimum atomic E-state index is -4.08. The van der Waals surface area contributed by atoms with Crippen molar-refractivity contribution in [3.05, 3.63) is 23.8 Å². The van der Waals surface area contributed by atoms with Crippen LogP contribution in [0.3, 0.4) is 0 Å². The van der Waals surface area contributed by atoms with Gasteiger partial charge in [0.15, 0.2) is 0 Å². The Bertz CT molecular complexity index is 951. The van der Waals surface area contributed by atoms with E-state index in [9.17, 15) is 21.6 Å². The number of methoxy groups -OCH3 is 1. The minimum absolute atomic E-state index is 0.162. The van der Waals surface area contributed by atoms with Crippen molar-refractivity contribution >= 4 is 26.0 Å². The van der Waals surface area contributed by atoms with Crippen LogP contribution in [0.2, 0.25) is 0 Å². The number of nitrogens with zero attached hydrogens (tertiary/aromatic N) is 2. The van der Waals surface area contributed by atoms with E-state index in [-0.39, 0.29) is 39.5 Å². The monoisotopic (exact) mass is 462 g/mol. The third kappa shape index (κ3) is 5.22. The van der Waals surface area contributed by atoms with Gasteiger partial charge in [0.2, 0.25) is 20.0 Å². The second kappa shape index (κ2) is 9.76. The molecule has 30 heavy (non-hydrogen) atoms. The molecule has 8 nitrogen and oxygen atoms in total. The van der Waals surface area contributed by atoms with Crippen molar-refractivity contribution in [1.29, 1.82) is 0 Å². The molecule has 1 aromatic rings. The largest absolute Gasteiger partial charge is 0.465 e. The van der Waals surface area contributed by atoms with E-state index < -0.39 is 26.0 Å². The van der Waals surface area contributed by atoms with E-state index in [2.05, 4.69) is 0 Å². The lowest BCUT2D eigenvalue weighted by Crippen LogP contribution is -2.43. The molecule has 0 spiro atoms. The van der Waals surface area contributed by atoms with E-state index in [1.807, 2.05) is 0 Å². The number of carbonyl (C=O) groups excluding carboxylic acids is 1. The lowest BCUT2D eigenvalue weighted by molar-refractivity contribution is 0.0595. The fourth-order valence-electron chi connectivity index (χ4n) is 3.70. The van der Waals surface area contributed by atoms with Crippen LogP contribution in [0.1, 0.15) is 65.7 Å². The molecule has 0 aliphatic rings. The molecule has 0 saturated carbocycles. The van der Waals surface area contributed by atoms with Crippen molar-refractivity contribution in [2.24, 2.45) is 0 Å². The zero-order valence-electron chi connectivity index (χ0n) is 19.2. The first-order valence-corrected chi connectivity index (χ1v) is 12.8. The van der Waals surface area contributed by atoms with Crippen molar-refractivity contribution in [3.63, 3.8) is 0 Å². The number of esters is 1. The molecular weight excluding hydrogens is 428 g/mol. The average Bonchev–Trinajstić information content (AvgIpc) is 2.58. The predicted molar refractivity (Wildman–Crippen MR) is 116 cm³/mol. The van der Waals surface area contributed by atoms with Gasteiger partial charge in [0.25, 0.3) is 0 Å². The van der Waals surface area contributed by atoms with Gasteiger partial charge in [-0.2, -0.15) is 8.61 Å². The summed E-state index contributed by atoms with van der Waals surface area (Å²) in [5, 5.41) is 0. The molecule has 0 N–H and O–H groups in total. The van der Waals surface area contributed by atoms with E-state index in [0.717, 1.165) is 13.2 Å². The number of hydrogen-bond donors (Lipinski definition) is 0. The van der Waals surface area contributed by atoms with Crippen LogP contribution in [0.4, 0.5) is 0 Å². The fraction of sp³-hybridized carbons (Fsp3) is 0.650. The van der Waals surface area contributed by atoms with E-state index in [1.54, 1.807) is 55.4 Å². The zero-order chi connectivity index (χ0) is 23.6. The van der Waals surface area contributed by atoms with Crippen LogP contribution in [0.25, 0.3) is 0 Å². The minimum Gasteiger partial charge on any atom is -0.465 e. The Morgan fingerprint density at radius 1 is 0.767 bits per heavy atom. The summed E-state index contributed by atoms with van der Waals surface area (Å²) in [6.45, 7) is 13.9. The first kappa shape index (κ1) is 26.5. The Hall–Kier alpha value is -1.49. The number of rotatable bonds is 9. The quantitative estimate of drug-likeness (QED) is 0.523. The summed E-state index contributed by atoms with van der Waals surface area (Å²) in [5.74, 6) is -0.918. The highest BCUT2D eigenvalue weighted by atomic mass is 32.2.